The first-order valence-electron chi connectivity index (χ1n) is 6.71. The molecule has 0 heterocycles. The maximum absolute atomic E-state index is 13.8. The van der Waals surface area contributed by atoms with Crippen LogP contribution in [0.5, 0.6) is 0 Å². The maximum Gasteiger partial charge on any atom is 0.256 e. The van der Waals surface area contributed by atoms with Crippen LogP contribution in [-0.4, -0.2) is 5.91 Å². The Morgan fingerprint density at radius 2 is 1.57 bits per heavy atom. The highest BCUT2D eigenvalue weighted by Crippen LogP contribution is 2.23. The normalized spacial score (nSPS) is 10.6. The SMILES string of the molecule is Cc1ccccc1NC(=O)c1ccc(F)c2ccccc12. The van der Waals surface area contributed by atoms with Crippen LogP contribution in [0.2, 0.25) is 0 Å². The second-order valence-corrected chi connectivity index (χ2v) is 4.91. The van der Waals surface area contributed by atoms with Gasteiger partial charge in [0, 0.05) is 16.6 Å². The lowest BCUT2D eigenvalue weighted by molar-refractivity contribution is 0.102. The molecule has 0 saturated heterocycles. The quantitative estimate of drug-likeness (QED) is 0.733. The Bertz CT molecular complexity index is 826. The van der Waals surface area contributed by atoms with Gasteiger partial charge in [0.25, 0.3) is 5.91 Å². The van der Waals surface area contributed by atoms with Crippen LogP contribution in [0.3, 0.4) is 0 Å². The van der Waals surface area contributed by atoms with Crippen molar-refractivity contribution in [3.8, 4) is 0 Å². The minimum absolute atomic E-state index is 0.236. The monoisotopic (exact) mass is 279 g/mol. The Hall–Kier alpha value is -2.68. The molecule has 0 aliphatic heterocycles. The molecule has 104 valence electrons. The predicted octanol–water partition coefficient (Wildman–Crippen LogP) is 4.54. The highest BCUT2D eigenvalue weighted by molar-refractivity contribution is 6.13. The van der Waals surface area contributed by atoms with Crippen LogP contribution >= 0.6 is 0 Å². The van der Waals surface area contributed by atoms with Gasteiger partial charge in [-0.15, -0.1) is 0 Å². The fourth-order valence-electron chi connectivity index (χ4n) is 2.36. The van der Waals surface area contributed by atoms with Gasteiger partial charge < -0.3 is 5.32 Å². The van der Waals surface area contributed by atoms with Crippen LogP contribution in [0.25, 0.3) is 10.8 Å². The van der Waals surface area contributed by atoms with E-state index >= 15 is 0 Å². The van der Waals surface area contributed by atoms with Gasteiger partial charge in [-0.3, -0.25) is 4.79 Å². The number of hydrogen-bond donors (Lipinski definition) is 1. The number of aryl methyl sites for hydroxylation is 1. The van der Waals surface area contributed by atoms with Crippen molar-refractivity contribution in [2.24, 2.45) is 0 Å². The maximum atomic E-state index is 13.8. The lowest BCUT2D eigenvalue weighted by Crippen LogP contribution is -2.13. The number of carbonyl (C=O) groups excluding carboxylic acids is 1. The largest absolute Gasteiger partial charge is 0.322 e. The molecule has 1 N–H and O–H groups in total. The van der Waals surface area contributed by atoms with Gasteiger partial charge in [0.1, 0.15) is 5.82 Å². The first-order valence-corrected chi connectivity index (χ1v) is 6.71. The summed E-state index contributed by atoms with van der Waals surface area (Å²) in [5, 5.41) is 3.94. The molecule has 0 bridgehead atoms. The summed E-state index contributed by atoms with van der Waals surface area (Å²) in [6, 6.07) is 17.4. The Morgan fingerprint density at radius 3 is 2.33 bits per heavy atom. The number of carbonyl (C=O) groups is 1. The molecule has 0 fully saturated rings. The molecule has 0 aromatic heterocycles. The zero-order chi connectivity index (χ0) is 14.8. The molecule has 0 aliphatic rings. The fourth-order valence-corrected chi connectivity index (χ4v) is 2.36. The molecular formula is C18H14FNO. The topological polar surface area (TPSA) is 29.1 Å². The molecule has 2 nitrogen and oxygen atoms in total. The summed E-state index contributed by atoms with van der Waals surface area (Å²) >= 11 is 0. The molecule has 0 radical (unpaired) electrons. The van der Waals surface area contributed by atoms with Gasteiger partial charge in [-0.25, -0.2) is 4.39 Å². The fraction of sp³-hybridized carbons (Fsp3) is 0.0556. The van der Waals surface area contributed by atoms with E-state index in [1.54, 1.807) is 24.3 Å². The van der Waals surface area contributed by atoms with E-state index in [9.17, 15) is 9.18 Å². The van der Waals surface area contributed by atoms with Gasteiger partial charge in [-0.1, -0.05) is 42.5 Å². The third kappa shape index (κ3) is 2.50. The van der Waals surface area contributed by atoms with Crippen LogP contribution in [0, 0.1) is 12.7 Å². The lowest BCUT2D eigenvalue weighted by Gasteiger charge is -2.10. The molecule has 0 unspecified atom stereocenters. The summed E-state index contributed by atoms with van der Waals surface area (Å²) in [5.74, 6) is -0.557. The van der Waals surface area contributed by atoms with Gasteiger partial charge in [0.05, 0.1) is 0 Å². The summed E-state index contributed by atoms with van der Waals surface area (Å²) in [4.78, 5) is 12.5. The van der Waals surface area contributed by atoms with Gasteiger partial charge in [0.15, 0.2) is 0 Å². The van der Waals surface area contributed by atoms with Crippen LogP contribution < -0.4 is 5.32 Å². The molecule has 3 aromatic carbocycles. The third-order valence-electron chi connectivity index (χ3n) is 3.51. The summed E-state index contributed by atoms with van der Waals surface area (Å²) in [7, 11) is 0. The molecule has 3 aromatic rings. The minimum atomic E-state index is -0.321. The number of nitrogens with one attached hydrogen (secondary N) is 1. The van der Waals surface area contributed by atoms with Crippen molar-refractivity contribution in [3.05, 3.63) is 77.6 Å². The van der Waals surface area contributed by atoms with E-state index in [0.717, 1.165) is 11.3 Å². The zero-order valence-electron chi connectivity index (χ0n) is 11.6. The highest BCUT2D eigenvalue weighted by atomic mass is 19.1. The second-order valence-electron chi connectivity index (χ2n) is 4.91. The number of halogens is 1. The van der Waals surface area contributed by atoms with Crippen LogP contribution in [0.1, 0.15) is 15.9 Å². The smallest absolute Gasteiger partial charge is 0.256 e. The molecular weight excluding hydrogens is 265 g/mol. The van der Waals surface area contributed by atoms with E-state index in [1.165, 1.54) is 12.1 Å². The molecule has 0 saturated carbocycles. The minimum Gasteiger partial charge on any atom is -0.322 e. The molecule has 0 spiro atoms. The van der Waals surface area contributed by atoms with Gasteiger partial charge in [0.2, 0.25) is 0 Å². The molecule has 3 heteroatoms. The molecule has 0 aliphatic carbocycles. The van der Waals surface area contributed by atoms with Gasteiger partial charge in [-0.05, 0) is 36.1 Å². The van der Waals surface area contributed by atoms with Crippen molar-refractivity contribution in [2.45, 2.75) is 6.92 Å². The van der Waals surface area contributed by atoms with Gasteiger partial charge in [-0.2, -0.15) is 0 Å². The van der Waals surface area contributed by atoms with E-state index in [1.807, 2.05) is 31.2 Å². The standard InChI is InChI=1S/C18H14FNO/c1-12-6-2-5-9-17(12)20-18(21)15-10-11-16(19)14-8-4-3-7-13(14)15/h2-11H,1H3,(H,20,21). The summed E-state index contributed by atoms with van der Waals surface area (Å²) in [5.41, 5.74) is 2.21. The summed E-state index contributed by atoms with van der Waals surface area (Å²) in [6.45, 7) is 1.93. The Labute approximate surface area is 122 Å². The Kier molecular flexibility index (Phi) is 3.40. The Morgan fingerprint density at radius 1 is 0.905 bits per heavy atom. The summed E-state index contributed by atoms with van der Waals surface area (Å²) < 4.78 is 13.8. The third-order valence-corrected chi connectivity index (χ3v) is 3.51. The molecule has 21 heavy (non-hydrogen) atoms. The predicted molar refractivity (Wildman–Crippen MR) is 83.0 cm³/mol. The molecule has 1 amide bonds. The summed E-state index contributed by atoms with van der Waals surface area (Å²) in [6.07, 6.45) is 0. The van der Waals surface area contributed by atoms with Crippen LogP contribution in [0.15, 0.2) is 60.7 Å². The molecule has 0 atom stereocenters. The van der Waals surface area contributed by atoms with Crippen molar-refractivity contribution in [2.75, 3.05) is 5.32 Å². The first-order chi connectivity index (χ1) is 10.2. The van der Waals surface area contributed by atoms with Crippen molar-refractivity contribution < 1.29 is 9.18 Å². The molecule has 3 rings (SSSR count). The van der Waals surface area contributed by atoms with E-state index in [2.05, 4.69) is 5.32 Å². The number of fused-ring (bicyclic) bond motifs is 1. The van der Waals surface area contributed by atoms with Crippen LogP contribution in [0.4, 0.5) is 10.1 Å². The van der Waals surface area contributed by atoms with E-state index < -0.39 is 0 Å². The number of para-hydroxylation sites is 1. The van der Waals surface area contributed by atoms with Crippen LogP contribution in [-0.2, 0) is 0 Å². The lowest BCUT2D eigenvalue weighted by atomic mass is 10.0. The van der Waals surface area contributed by atoms with Crippen molar-refractivity contribution in [3.63, 3.8) is 0 Å². The number of benzene rings is 3. The average molecular weight is 279 g/mol. The van der Waals surface area contributed by atoms with Crippen molar-refractivity contribution in [1.82, 2.24) is 0 Å². The number of rotatable bonds is 2. The second kappa shape index (κ2) is 5.37. The van der Waals surface area contributed by atoms with Crippen molar-refractivity contribution in [1.29, 1.82) is 0 Å². The van der Waals surface area contributed by atoms with E-state index in [-0.39, 0.29) is 11.7 Å². The van der Waals surface area contributed by atoms with Gasteiger partial charge >= 0.3 is 0 Å². The number of hydrogen-bond acceptors (Lipinski definition) is 1. The Balaban J connectivity index is 2.03. The zero-order valence-corrected chi connectivity index (χ0v) is 11.6. The van der Waals surface area contributed by atoms with Crippen molar-refractivity contribution >= 4 is 22.4 Å². The number of anilines is 1. The highest BCUT2D eigenvalue weighted by Gasteiger charge is 2.13. The number of amides is 1. The average Bonchev–Trinajstić information content (AvgIpc) is 2.50. The first kappa shape index (κ1) is 13.3. The van der Waals surface area contributed by atoms with E-state index in [4.69, 9.17) is 0 Å². The van der Waals surface area contributed by atoms with E-state index in [0.29, 0.717) is 16.3 Å².